The largest absolute Gasteiger partial charge is 0.314 e. The highest BCUT2D eigenvalue weighted by atomic mass is 32.2. The highest BCUT2D eigenvalue weighted by Crippen LogP contribution is 2.22. The highest BCUT2D eigenvalue weighted by molar-refractivity contribution is 7.99. The van der Waals surface area contributed by atoms with Gasteiger partial charge in [-0.3, -0.25) is 0 Å². The Kier molecular flexibility index (Phi) is 4.48. The predicted molar refractivity (Wildman–Crippen MR) is 66.8 cm³/mol. The molecule has 0 radical (unpaired) electrons. The molecule has 2 heterocycles. The highest BCUT2D eigenvalue weighted by Gasteiger charge is 2.25. The monoisotopic (exact) mass is 265 g/mol. The Morgan fingerprint density at radius 3 is 2.75 bits per heavy atom. The van der Waals surface area contributed by atoms with Gasteiger partial charge < -0.3 is 5.32 Å². The molecule has 7 heteroatoms. The SMILES string of the molecule is O=S(=O)(NCC1CCSC1)N1CCNCC1. The van der Waals surface area contributed by atoms with Crippen molar-refractivity contribution >= 4 is 22.0 Å². The molecule has 16 heavy (non-hydrogen) atoms. The van der Waals surface area contributed by atoms with Crippen molar-refractivity contribution in [3.63, 3.8) is 0 Å². The second-order valence-corrected chi connectivity index (χ2v) is 7.14. The zero-order valence-electron chi connectivity index (χ0n) is 9.31. The minimum Gasteiger partial charge on any atom is -0.314 e. The fraction of sp³-hybridized carbons (Fsp3) is 1.00. The number of thioether (sulfide) groups is 1. The molecular formula is C9H19N3O2S2. The number of nitrogens with one attached hydrogen (secondary N) is 2. The van der Waals surface area contributed by atoms with Crippen LogP contribution in [0.25, 0.3) is 0 Å². The first kappa shape index (κ1) is 12.6. The van der Waals surface area contributed by atoms with Crippen LogP contribution in [0.5, 0.6) is 0 Å². The Bertz CT molecular complexity index is 309. The summed E-state index contributed by atoms with van der Waals surface area (Å²) < 4.78 is 28.1. The molecule has 2 aliphatic rings. The van der Waals surface area contributed by atoms with E-state index in [9.17, 15) is 8.42 Å². The summed E-state index contributed by atoms with van der Waals surface area (Å²) in [5.74, 6) is 2.77. The lowest BCUT2D eigenvalue weighted by molar-refractivity contribution is 0.353. The predicted octanol–water partition coefficient (Wildman–Crippen LogP) is -0.521. The van der Waals surface area contributed by atoms with E-state index in [1.807, 2.05) is 11.8 Å². The van der Waals surface area contributed by atoms with Crippen LogP contribution in [0, 0.1) is 5.92 Å². The number of nitrogens with zero attached hydrogens (tertiary/aromatic N) is 1. The Morgan fingerprint density at radius 2 is 2.12 bits per heavy atom. The molecule has 2 N–H and O–H groups in total. The van der Waals surface area contributed by atoms with Gasteiger partial charge in [0, 0.05) is 32.7 Å². The maximum absolute atomic E-state index is 11.9. The Morgan fingerprint density at radius 1 is 1.38 bits per heavy atom. The maximum Gasteiger partial charge on any atom is 0.279 e. The van der Waals surface area contributed by atoms with E-state index in [2.05, 4.69) is 10.0 Å². The summed E-state index contributed by atoms with van der Waals surface area (Å²) in [6, 6.07) is 0. The van der Waals surface area contributed by atoms with Crippen LogP contribution in [0.2, 0.25) is 0 Å². The van der Waals surface area contributed by atoms with Crippen LogP contribution in [-0.2, 0) is 10.2 Å². The first-order chi connectivity index (χ1) is 7.68. The molecule has 1 unspecified atom stereocenters. The molecule has 94 valence electrons. The molecule has 0 aromatic heterocycles. The normalized spacial score (nSPS) is 28.4. The average molecular weight is 265 g/mol. The van der Waals surface area contributed by atoms with Crippen LogP contribution in [0.15, 0.2) is 0 Å². The van der Waals surface area contributed by atoms with Crippen molar-refractivity contribution in [3.05, 3.63) is 0 Å². The van der Waals surface area contributed by atoms with Gasteiger partial charge >= 0.3 is 0 Å². The zero-order valence-corrected chi connectivity index (χ0v) is 10.9. The molecule has 0 aromatic rings. The Balaban J connectivity index is 1.81. The molecule has 0 aliphatic carbocycles. The summed E-state index contributed by atoms with van der Waals surface area (Å²) in [4.78, 5) is 0. The van der Waals surface area contributed by atoms with E-state index < -0.39 is 10.2 Å². The summed E-state index contributed by atoms with van der Waals surface area (Å²) in [6.07, 6.45) is 1.13. The molecule has 0 saturated carbocycles. The van der Waals surface area contributed by atoms with Gasteiger partial charge in [0.2, 0.25) is 0 Å². The van der Waals surface area contributed by atoms with Crippen LogP contribution in [0.4, 0.5) is 0 Å². The standard InChI is InChI=1S/C9H19N3O2S2/c13-16(14,12-4-2-10-3-5-12)11-7-9-1-6-15-8-9/h9-11H,1-8H2. The van der Waals surface area contributed by atoms with E-state index in [4.69, 9.17) is 0 Å². The van der Waals surface area contributed by atoms with Gasteiger partial charge in [-0.25, -0.2) is 4.72 Å². The molecule has 1 atom stereocenters. The van der Waals surface area contributed by atoms with E-state index in [0.29, 0.717) is 25.6 Å². The van der Waals surface area contributed by atoms with E-state index in [0.717, 1.165) is 25.3 Å². The summed E-state index contributed by atoms with van der Waals surface area (Å²) in [5.41, 5.74) is 0. The van der Waals surface area contributed by atoms with Crippen LogP contribution >= 0.6 is 11.8 Å². The third-order valence-corrected chi connectivity index (χ3v) is 5.80. The van der Waals surface area contributed by atoms with Crippen LogP contribution in [-0.4, -0.2) is 57.0 Å². The van der Waals surface area contributed by atoms with Crippen LogP contribution in [0.3, 0.4) is 0 Å². The third-order valence-electron chi connectivity index (χ3n) is 2.99. The van der Waals surface area contributed by atoms with Gasteiger partial charge in [-0.1, -0.05) is 0 Å². The molecular weight excluding hydrogens is 246 g/mol. The second-order valence-electron chi connectivity index (χ2n) is 4.23. The van der Waals surface area contributed by atoms with E-state index >= 15 is 0 Å². The lowest BCUT2D eigenvalue weighted by Crippen LogP contribution is -2.51. The maximum atomic E-state index is 11.9. The van der Waals surface area contributed by atoms with Crippen LogP contribution < -0.4 is 10.0 Å². The van der Waals surface area contributed by atoms with Crippen molar-refractivity contribution < 1.29 is 8.42 Å². The number of hydrogen-bond donors (Lipinski definition) is 2. The van der Waals surface area contributed by atoms with E-state index in [1.165, 1.54) is 10.1 Å². The average Bonchev–Trinajstić information content (AvgIpc) is 2.81. The van der Waals surface area contributed by atoms with Gasteiger partial charge in [0.05, 0.1) is 0 Å². The molecule has 5 nitrogen and oxygen atoms in total. The second kappa shape index (κ2) is 5.68. The lowest BCUT2D eigenvalue weighted by Gasteiger charge is -2.27. The van der Waals surface area contributed by atoms with Crippen molar-refractivity contribution in [3.8, 4) is 0 Å². The lowest BCUT2D eigenvalue weighted by atomic mass is 10.1. The van der Waals surface area contributed by atoms with Crippen molar-refractivity contribution in [1.29, 1.82) is 0 Å². The molecule has 0 aromatic carbocycles. The van der Waals surface area contributed by atoms with Crippen molar-refractivity contribution in [1.82, 2.24) is 14.3 Å². The van der Waals surface area contributed by atoms with Gasteiger partial charge in [-0.15, -0.1) is 0 Å². The van der Waals surface area contributed by atoms with Gasteiger partial charge in [0.25, 0.3) is 10.2 Å². The third kappa shape index (κ3) is 3.33. The summed E-state index contributed by atoms with van der Waals surface area (Å²) in [7, 11) is -3.24. The smallest absolute Gasteiger partial charge is 0.279 e. The molecule has 2 fully saturated rings. The number of rotatable bonds is 4. The number of hydrogen-bond acceptors (Lipinski definition) is 4. The molecule has 2 rings (SSSR count). The van der Waals surface area contributed by atoms with Gasteiger partial charge in [0.15, 0.2) is 0 Å². The van der Waals surface area contributed by atoms with Gasteiger partial charge in [-0.2, -0.15) is 24.5 Å². The minimum atomic E-state index is -3.24. The minimum absolute atomic E-state index is 0.516. The number of piperazine rings is 1. The first-order valence-corrected chi connectivity index (χ1v) is 8.31. The summed E-state index contributed by atoms with van der Waals surface area (Å²) >= 11 is 1.91. The Hall–Kier alpha value is 0.180. The summed E-state index contributed by atoms with van der Waals surface area (Å²) in [5, 5.41) is 3.15. The molecule has 0 spiro atoms. The quantitative estimate of drug-likeness (QED) is 0.718. The topological polar surface area (TPSA) is 61.4 Å². The van der Waals surface area contributed by atoms with Crippen molar-refractivity contribution in [2.45, 2.75) is 6.42 Å². The van der Waals surface area contributed by atoms with Crippen molar-refractivity contribution in [2.75, 3.05) is 44.2 Å². The summed E-state index contributed by atoms with van der Waals surface area (Å²) in [6.45, 7) is 3.25. The molecule has 2 saturated heterocycles. The molecule has 0 bridgehead atoms. The van der Waals surface area contributed by atoms with Gasteiger partial charge in [-0.05, 0) is 23.8 Å². The van der Waals surface area contributed by atoms with Crippen molar-refractivity contribution in [2.24, 2.45) is 5.92 Å². The van der Waals surface area contributed by atoms with E-state index in [-0.39, 0.29) is 0 Å². The zero-order chi connectivity index (χ0) is 11.4. The van der Waals surface area contributed by atoms with Gasteiger partial charge in [0.1, 0.15) is 0 Å². The fourth-order valence-corrected chi connectivity index (χ4v) is 4.52. The van der Waals surface area contributed by atoms with Crippen LogP contribution in [0.1, 0.15) is 6.42 Å². The Labute approximate surface area is 102 Å². The van der Waals surface area contributed by atoms with E-state index in [1.54, 1.807) is 0 Å². The molecule has 2 aliphatic heterocycles. The first-order valence-electron chi connectivity index (χ1n) is 5.72. The molecule has 0 amide bonds. The fourth-order valence-electron chi connectivity index (χ4n) is 1.94.